The standard InChI is InChI=1S/C13H20N2O/c14-15-13(12-7-4-8-16-10-12)9-11-5-2-1-3-6-11/h1-3,5-6,12-13,15H,4,7-10,14H2. The van der Waals surface area contributed by atoms with Crippen molar-refractivity contribution in [3.63, 3.8) is 0 Å². The van der Waals surface area contributed by atoms with E-state index in [-0.39, 0.29) is 0 Å². The monoisotopic (exact) mass is 220 g/mol. The molecular weight excluding hydrogens is 200 g/mol. The van der Waals surface area contributed by atoms with Gasteiger partial charge in [0.05, 0.1) is 6.61 Å². The van der Waals surface area contributed by atoms with Crippen LogP contribution in [0.5, 0.6) is 0 Å². The van der Waals surface area contributed by atoms with Crippen LogP contribution < -0.4 is 11.3 Å². The Morgan fingerprint density at radius 3 is 2.81 bits per heavy atom. The quantitative estimate of drug-likeness (QED) is 0.597. The molecule has 3 heteroatoms. The van der Waals surface area contributed by atoms with Crippen molar-refractivity contribution in [3.05, 3.63) is 35.9 Å². The lowest BCUT2D eigenvalue weighted by Gasteiger charge is -2.29. The summed E-state index contributed by atoms with van der Waals surface area (Å²) in [6.45, 7) is 1.74. The molecule has 1 saturated heterocycles. The third kappa shape index (κ3) is 3.04. The first-order valence-corrected chi connectivity index (χ1v) is 5.98. The van der Waals surface area contributed by atoms with E-state index < -0.39 is 0 Å². The molecule has 1 fully saturated rings. The summed E-state index contributed by atoms with van der Waals surface area (Å²) in [5.41, 5.74) is 4.27. The summed E-state index contributed by atoms with van der Waals surface area (Å²) in [4.78, 5) is 0. The number of hydrogen-bond donors (Lipinski definition) is 2. The van der Waals surface area contributed by atoms with Crippen LogP contribution in [0.25, 0.3) is 0 Å². The molecule has 0 bridgehead atoms. The Morgan fingerprint density at radius 2 is 2.19 bits per heavy atom. The molecule has 1 heterocycles. The number of rotatable bonds is 4. The smallest absolute Gasteiger partial charge is 0.0509 e. The van der Waals surface area contributed by atoms with Gasteiger partial charge in [0.25, 0.3) is 0 Å². The van der Waals surface area contributed by atoms with Gasteiger partial charge < -0.3 is 4.74 Å². The lowest BCUT2D eigenvalue weighted by molar-refractivity contribution is 0.0393. The van der Waals surface area contributed by atoms with E-state index >= 15 is 0 Å². The van der Waals surface area contributed by atoms with Gasteiger partial charge in [-0.3, -0.25) is 11.3 Å². The third-order valence-electron chi connectivity index (χ3n) is 3.28. The van der Waals surface area contributed by atoms with Crippen molar-refractivity contribution in [1.82, 2.24) is 5.43 Å². The fourth-order valence-corrected chi connectivity index (χ4v) is 2.31. The molecular formula is C13H20N2O. The molecule has 1 aliphatic rings. The molecule has 0 aliphatic carbocycles. The van der Waals surface area contributed by atoms with Gasteiger partial charge in [-0.1, -0.05) is 30.3 Å². The normalized spacial score (nSPS) is 22.9. The molecule has 1 aliphatic heterocycles. The number of nitrogens with two attached hydrogens (primary N) is 1. The van der Waals surface area contributed by atoms with Gasteiger partial charge in [0.2, 0.25) is 0 Å². The van der Waals surface area contributed by atoms with E-state index in [2.05, 4.69) is 29.7 Å². The maximum atomic E-state index is 5.65. The van der Waals surface area contributed by atoms with E-state index in [4.69, 9.17) is 10.6 Å². The zero-order chi connectivity index (χ0) is 11.2. The highest BCUT2D eigenvalue weighted by Crippen LogP contribution is 2.19. The fraction of sp³-hybridized carbons (Fsp3) is 0.538. The van der Waals surface area contributed by atoms with E-state index in [0.29, 0.717) is 12.0 Å². The van der Waals surface area contributed by atoms with Crippen LogP contribution in [0, 0.1) is 5.92 Å². The van der Waals surface area contributed by atoms with E-state index in [9.17, 15) is 0 Å². The highest BCUT2D eigenvalue weighted by molar-refractivity contribution is 5.16. The molecule has 0 spiro atoms. The molecule has 0 radical (unpaired) electrons. The van der Waals surface area contributed by atoms with E-state index in [1.54, 1.807) is 0 Å². The summed E-state index contributed by atoms with van der Waals surface area (Å²) >= 11 is 0. The average molecular weight is 220 g/mol. The number of benzene rings is 1. The number of hydrogen-bond acceptors (Lipinski definition) is 3. The molecule has 3 N–H and O–H groups in total. The topological polar surface area (TPSA) is 47.3 Å². The van der Waals surface area contributed by atoms with Gasteiger partial charge in [-0.2, -0.15) is 0 Å². The Hall–Kier alpha value is -0.900. The second-order valence-electron chi connectivity index (χ2n) is 4.44. The Labute approximate surface area is 97.0 Å². The molecule has 3 nitrogen and oxygen atoms in total. The fourth-order valence-electron chi connectivity index (χ4n) is 2.31. The molecule has 2 rings (SSSR count). The first-order chi connectivity index (χ1) is 7.90. The Balaban J connectivity index is 1.94. The van der Waals surface area contributed by atoms with E-state index in [0.717, 1.165) is 26.1 Å². The minimum absolute atomic E-state index is 0.322. The van der Waals surface area contributed by atoms with Gasteiger partial charge >= 0.3 is 0 Å². The molecule has 88 valence electrons. The van der Waals surface area contributed by atoms with Crippen LogP contribution in [-0.4, -0.2) is 19.3 Å². The molecule has 1 aromatic carbocycles. The van der Waals surface area contributed by atoms with Crippen LogP contribution in [0.15, 0.2) is 30.3 Å². The summed E-state index contributed by atoms with van der Waals surface area (Å²) in [6, 6.07) is 10.8. The zero-order valence-corrected chi connectivity index (χ0v) is 9.56. The minimum atomic E-state index is 0.322. The van der Waals surface area contributed by atoms with Gasteiger partial charge in [0.1, 0.15) is 0 Å². The summed E-state index contributed by atoms with van der Waals surface area (Å²) in [6.07, 6.45) is 3.34. The van der Waals surface area contributed by atoms with Crippen LogP contribution in [0.3, 0.4) is 0 Å². The zero-order valence-electron chi connectivity index (χ0n) is 9.56. The largest absolute Gasteiger partial charge is 0.381 e. The van der Waals surface area contributed by atoms with Gasteiger partial charge in [-0.05, 0) is 30.7 Å². The molecule has 0 aromatic heterocycles. The van der Waals surface area contributed by atoms with Crippen molar-refractivity contribution in [2.24, 2.45) is 11.8 Å². The molecule has 2 unspecified atom stereocenters. The van der Waals surface area contributed by atoms with Crippen LogP contribution >= 0.6 is 0 Å². The molecule has 1 aromatic rings. The van der Waals surface area contributed by atoms with Gasteiger partial charge in [0.15, 0.2) is 0 Å². The molecule has 0 amide bonds. The number of hydrazine groups is 1. The van der Waals surface area contributed by atoms with Crippen LogP contribution in [0.1, 0.15) is 18.4 Å². The van der Waals surface area contributed by atoms with E-state index in [1.807, 2.05) is 6.07 Å². The van der Waals surface area contributed by atoms with Crippen molar-refractivity contribution in [1.29, 1.82) is 0 Å². The number of nitrogens with one attached hydrogen (secondary N) is 1. The molecule has 2 atom stereocenters. The third-order valence-corrected chi connectivity index (χ3v) is 3.28. The summed E-state index contributed by atoms with van der Waals surface area (Å²) in [7, 11) is 0. The minimum Gasteiger partial charge on any atom is -0.381 e. The highest BCUT2D eigenvalue weighted by Gasteiger charge is 2.23. The predicted octanol–water partition coefficient (Wildman–Crippen LogP) is 1.49. The van der Waals surface area contributed by atoms with Crippen molar-refractivity contribution >= 4 is 0 Å². The lowest BCUT2D eigenvalue weighted by atomic mass is 9.90. The Morgan fingerprint density at radius 1 is 1.38 bits per heavy atom. The SMILES string of the molecule is NNC(Cc1ccccc1)C1CCCOC1. The Kier molecular flexibility index (Phi) is 4.34. The van der Waals surface area contributed by atoms with Crippen molar-refractivity contribution in [2.45, 2.75) is 25.3 Å². The lowest BCUT2D eigenvalue weighted by Crippen LogP contribution is -2.45. The van der Waals surface area contributed by atoms with Gasteiger partial charge in [-0.15, -0.1) is 0 Å². The second-order valence-corrected chi connectivity index (χ2v) is 4.44. The van der Waals surface area contributed by atoms with Gasteiger partial charge in [-0.25, -0.2) is 0 Å². The maximum Gasteiger partial charge on any atom is 0.0509 e. The molecule has 16 heavy (non-hydrogen) atoms. The predicted molar refractivity (Wildman–Crippen MR) is 64.8 cm³/mol. The van der Waals surface area contributed by atoms with Crippen LogP contribution in [-0.2, 0) is 11.2 Å². The van der Waals surface area contributed by atoms with Crippen molar-refractivity contribution in [3.8, 4) is 0 Å². The van der Waals surface area contributed by atoms with Crippen molar-refractivity contribution in [2.75, 3.05) is 13.2 Å². The summed E-state index contributed by atoms with van der Waals surface area (Å²) in [5, 5.41) is 0. The van der Waals surface area contributed by atoms with Crippen LogP contribution in [0.4, 0.5) is 0 Å². The summed E-state index contributed by atoms with van der Waals surface area (Å²) in [5.74, 6) is 6.19. The van der Waals surface area contributed by atoms with Crippen molar-refractivity contribution < 1.29 is 4.74 Å². The summed E-state index contributed by atoms with van der Waals surface area (Å²) < 4.78 is 5.51. The maximum absolute atomic E-state index is 5.65. The average Bonchev–Trinajstić information content (AvgIpc) is 2.38. The Bertz CT molecular complexity index is 296. The van der Waals surface area contributed by atoms with Gasteiger partial charge in [0, 0.05) is 12.6 Å². The second kappa shape index (κ2) is 5.99. The first-order valence-electron chi connectivity index (χ1n) is 5.98. The van der Waals surface area contributed by atoms with E-state index in [1.165, 1.54) is 12.0 Å². The first kappa shape index (κ1) is 11.6. The highest BCUT2D eigenvalue weighted by atomic mass is 16.5. The van der Waals surface area contributed by atoms with Crippen LogP contribution in [0.2, 0.25) is 0 Å². The number of ether oxygens (including phenoxy) is 1. The molecule has 0 saturated carbocycles.